The van der Waals surface area contributed by atoms with Crippen molar-refractivity contribution < 1.29 is 14.6 Å². The Hall–Kier alpha value is -3.48. The van der Waals surface area contributed by atoms with E-state index < -0.39 is 6.09 Å². The lowest BCUT2D eigenvalue weighted by atomic mass is 9.67. The third kappa shape index (κ3) is 3.48. The largest absolute Gasteiger partial charge is 0.488 e. The molecule has 3 unspecified atom stereocenters. The maximum atomic E-state index is 12.2. The smallest absolute Gasteiger partial charge is 0.408 e. The maximum Gasteiger partial charge on any atom is 0.408 e. The molecular formula is C28H32N4O3. The van der Waals surface area contributed by atoms with E-state index in [1.807, 2.05) is 23.0 Å². The van der Waals surface area contributed by atoms with Crippen molar-refractivity contribution in [3.63, 3.8) is 0 Å². The van der Waals surface area contributed by atoms with E-state index >= 15 is 0 Å². The molecule has 6 rings (SSSR count). The molecule has 2 saturated heterocycles. The van der Waals surface area contributed by atoms with Gasteiger partial charge in [0.2, 0.25) is 0 Å². The van der Waals surface area contributed by atoms with Crippen molar-refractivity contribution in [1.82, 2.24) is 14.7 Å². The lowest BCUT2D eigenvalue weighted by molar-refractivity contribution is -0.0175. The molecule has 2 bridgehead atoms. The standard InChI is InChI=1S/C28H32N4O3/c1-27(2,3)28-10-9-22(32(28)26(33)34)14-20(16-28)30-19-5-7-23-18(13-19)17-35-25-15-21(6-8-24(23)25)31-12-4-11-29-31/h4-8,11-13,15,20,22,30H,9-10,14,16-17H2,1-3H3,(H,33,34). The summed E-state index contributed by atoms with van der Waals surface area (Å²) >= 11 is 0. The van der Waals surface area contributed by atoms with Crippen LogP contribution in [-0.2, 0) is 6.61 Å². The lowest BCUT2D eigenvalue weighted by Gasteiger charge is -2.53. The van der Waals surface area contributed by atoms with Gasteiger partial charge < -0.3 is 15.2 Å². The Morgan fingerprint density at radius 3 is 2.77 bits per heavy atom. The number of amides is 1. The van der Waals surface area contributed by atoms with Crippen LogP contribution in [0.1, 0.15) is 52.0 Å². The second-order valence-corrected chi connectivity index (χ2v) is 11.2. The summed E-state index contributed by atoms with van der Waals surface area (Å²) in [5.41, 5.74) is 5.03. The number of nitrogens with zero attached hydrogens (tertiary/aromatic N) is 3. The number of piperidine rings is 1. The number of hydrogen-bond donors (Lipinski definition) is 2. The molecule has 2 fully saturated rings. The van der Waals surface area contributed by atoms with Gasteiger partial charge in [-0.25, -0.2) is 9.48 Å². The maximum absolute atomic E-state index is 12.2. The average Bonchev–Trinajstić information content (AvgIpc) is 3.44. The molecule has 0 spiro atoms. The minimum atomic E-state index is -0.777. The van der Waals surface area contributed by atoms with E-state index in [1.165, 1.54) is 5.56 Å². The SMILES string of the molecule is CC(C)(C)C12CCC(CC(Nc3ccc4c(c3)COc3cc(-n5cccn5)ccc3-4)C1)N2C(=O)O. The van der Waals surface area contributed by atoms with Crippen molar-refractivity contribution in [2.24, 2.45) is 5.41 Å². The third-order valence-electron chi connectivity index (χ3n) is 8.34. The molecule has 0 radical (unpaired) electrons. The molecule has 0 aliphatic carbocycles. The van der Waals surface area contributed by atoms with Gasteiger partial charge in [-0.15, -0.1) is 0 Å². The van der Waals surface area contributed by atoms with E-state index in [0.717, 1.165) is 53.9 Å². The van der Waals surface area contributed by atoms with Crippen LogP contribution >= 0.6 is 0 Å². The number of anilines is 1. The molecule has 7 heteroatoms. The molecule has 1 aromatic heterocycles. The second kappa shape index (κ2) is 7.77. The Morgan fingerprint density at radius 1 is 1.20 bits per heavy atom. The quantitative estimate of drug-likeness (QED) is 0.494. The zero-order valence-electron chi connectivity index (χ0n) is 20.5. The van der Waals surface area contributed by atoms with E-state index in [1.54, 1.807) is 11.1 Å². The normalized spacial score (nSPS) is 24.9. The molecule has 7 nitrogen and oxygen atoms in total. The first-order chi connectivity index (χ1) is 16.7. The molecule has 3 aliphatic heterocycles. The highest BCUT2D eigenvalue weighted by molar-refractivity contribution is 5.78. The van der Waals surface area contributed by atoms with Gasteiger partial charge in [0.15, 0.2) is 0 Å². The van der Waals surface area contributed by atoms with Crippen molar-refractivity contribution in [2.45, 2.75) is 70.7 Å². The number of hydrogen-bond acceptors (Lipinski definition) is 4. The number of ether oxygens (including phenoxy) is 1. The van der Waals surface area contributed by atoms with Gasteiger partial charge in [-0.2, -0.15) is 5.10 Å². The van der Waals surface area contributed by atoms with Crippen LogP contribution in [-0.4, -0.2) is 43.5 Å². The summed E-state index contributed by atoms with van der Waals surface area (Å²) in [7, 11) is 0. The Bertz CT molecular complexity index is 1280. The van der Waals surface area contributed by atoms with E-state index in [-0.39, 0.29) is 23.0 Å². The number of fused-ring (bicyclic) bond motifs is 5. The van der Waals surface area contributed by atoms with Crippen LogP contribution in [0.5, 0.6) is 5.75 Å². The molecule has 1 amide bonds. The van der Waals surface area contributed by atoms with Crippen molar-refractivity contribution in [3.05, 3.63) is 60.4 Å². The summed E-state index contributed by atoms with van der Waals surface area (Å²) in [6, 6.07) is 14.9. The van der Waals surface area contributed by atoms with Crippen molar-refractivity contribution in [2.75, 3.05) is 5.32 Å². The number of aromatic nitrogens is 2. The minimum absolute atomic E-state index is 0.0785. The van der Waals surface area contributed by atoms with E-state index in [9.17, 15) is 9.90 Å². The minimum Gasteiger partial charge on any atom is -0.488 e. The molecule has 3 atom stereocenters. The molecule has 0 saturated carbocycles. The van der Waals surface area contributed by atoms with Crippen molar-refractivity contribution in [1.29, 1.82) is 0 Å². The number of benzene rings is 2. The summed E-state index contributed by atoms with van der Waals surface area (Å²) in [5.74, 6) is 0.871. The fraction of sp³-hybridized carbons (Fsp3) is 0.429. The highest BCUT2D eigenvalue weighted by Crippen LogP contribution is 2.53. The van der Waals surface area contributed by atoms with Gasteiger partial charge in [-0.1, -0.05) is 26.8 Å². The summed E-state index contributed by atoms with van der Waals surface area (Å²) in [6.07, 6.45) is 6.46. The molecular weight excluding hydrogens is 440 g/mol. The van der Waals surface area contributed by atoms with E-state index in [0.29, 0.717) is 6.61 Å². The van der Waals surface area contributed by atoms with Crippen LogP contribution in [0.15, 0.2) is 54.9 Å². The van der Waals surface area contributed by atoms with Crippen LogP contribution in [0.3, 0.4) is 0 Å². The van der Waals surface area contributed by atoms with Crippen LogP contribution in [0.25, 0.3) is 16.8 Å². The van der Waals surface area contributed by atoms with E-state index in [2.05, 4.69) is 61.5 Å². The molecule has 4 heterocycles. The van der Waals surface area contributed by atoms with Gasteiger partial charge in [-0.05, 0) is 72.6 Å². The predicted octanol–water partition coefficient (Wildman–Crippen LogP) is 5.93. The Kier molecular flexibility index (Phi) is 4.88. The zero-order valence-corrected chi connectivity index (χ0v) is 20.5. The van der Waals surface area contributed by atoms with Crippen LogP contribution in [0.2, 0.25) is 0 Å². The summed E-state index contributed by atoms with van der Waals surface area (Å²) < 4.78 is 7.97. The molecule has 3 aliphatic rings. The van der Waals surface area contributed by atoms with Crippen LogP contribution < -0.4 is 10.1 Å². The predicted molar refractivity (Wildman–Crippen MR) is 135 cm³/mol. The Balaban J connectivity index is 1.25. The van der Waals surface area contributed by atoms with Gasteiger partial charge in [0.25, 0.3) is 0 Å². The Morgan fingerprint density at radius 2 is 2.03 bits per heavy atom. The van der Waals surface area contributed by atoms with Crippen molar-refractivity contribution in [3.8, 4) is 22.6 Å². The number of carbonyl (C=O) groups is 1. The van der Waals surface area contributed by atoms with Crippen LogP contribution in [0, 0.1) is 5.41 Å². The summed E-state index contributed by atoms with van der Waals surface area (Å²) in [5, 5.41) is 18.1. The van der Waals surface area contributed by atoms with E-state index in [4.69, 9.17) is 4.74 Å². The first-order valence-corrected chi connectivity index (χ1v) is 12.4. The molecule has 3 aromatic rings. The number of nitrogens with one attached hydrogen (secondary N) is 1. The zero-order chi connectivity index (χ0) is 24.4. The monoisotopic (exact) mass is 472 g/mol. The van der Waals surface area contributed by atoms with Gasteiger partial charge in [-0.3, -0.25) is 4.90 Å². The second-order valence-electron chi connectivity index (χ2n) is 11.2. The highest BCUT2D eigenvalue weighted by atomic mass is 16.5. The average molecular weight is 473 g/mol. The third-order valence-corrected chi connectivity index (χ3v) is 8.34. The number of carboxylic acid groups (broad SMARTS) is 1. The van der Waals surface area contributed by atoms with Gasteiger partial charge in [0.1, 0.15) is 12.4 Å². The van der Waals surface area contributed by atoms with Gasteiger partial charge in [0.05, 0.1) is 11.2 Å². The van der Waals surface area contributed by atoms with Gasteiger partial charge in [0, 0.05) is 41.8 Å². The summed E-state index contributed by atoms with van der Waals surface area (Å²) in [6.45, 7) is 7.06. The molecule has 2 aromatic carbocycles. The molecule has 2 N–H and O–H groups in total. The van der Waals surface area contributed by atoms with Crippen LogP contribution in [0.4, 0.5) is 10.5 Å². The van der Waals surface area contributed by atoms with Crippen molar-refractivity contribution >= 4 is 11.8 Å². The number of rotatable bonds is 3. The van der Waals surface area contributed by atoms with Gasteiger partial charge >= 0.3 is 6.09 Å². The summed E-state index contributed by atoms with van der Waals surface area (Å²) in [4.78, 5) is 13.9. The Labute approximate surface area is 205 Å². The highest BCUT2D eigenvalue weighted by Gasteiger charge is 2.59. The fourth-order valence-electron chi connectivity index (χ4n) is 6.61. The first-order valence-electron chi connectivity index (χ1n) is 12.4. The topological polar surface area (TPSA) is 79.6 Å². The first kappa shape index (κ1) is 22.0. The molecule has 182 valence electrons. The molecule has 35 heavy (non-hydrogen) atoms. The lowest BCUT2D eigenvalue weighted by Crippen LogP contribution is -2.63. The fourth-order valence-corrected chi connectivity index (χ4v) is 6.61.